The van der Waals surface area contributed by atoms with Crippen LogP contribution >= 0.6 is 0 Å². The van der Waals surface area contributed by atoms with Gasteiger partial charge in [0.2, 0.25) is 11.8 Å². The van der Waals surface area contributed by atoms with E-state index >= 15 is 0 Å². The van der Waals surface area contributed by atoms with E-state index in [9.17, 15) is 29.6 Å². The quantitative estimate of drug-likeness (QED) is 0.0584. The zero-order valence-corrected chi connectivity index (χ0v) is 40.4. The first kappa shape index (κ1) is 49.1. The number of aromatic nitrogens is 6. The van der Waals surface area contributed by atoms with Crippen molar-refractivity contribution in [1.29, 1.82) is 0 Å². The van der Waals surface area contributed by atoms with Gasteiger partial charge in [-0.05, 0) is 96.7 Å². The van der Waals surface area contributed by atoms with Gasteiger partial charge in [0.15, 0.2) is 0 Å². The number of nitrogens with zero attached hydrogens (tertiary/aromatic N) is 10. The molecule has 20 heteroatoms. The number of fused-ring (bicyclic) bond motifs is 2. The van der Waals surface area contributed by atoms with Crippen molar-refractivity contribution >= 4 is 74.4 Å². The van der Waals surface area contributed by atoms with Crippen molar-refractivity contribution in [3.63, 3.8) is 0 Å². The molecule has 0 bridgehead atoms. The van der Waals surface area contributed by atoms with Crippen molar-refractivity contribution in [3.05, 3.63) is 106 Å². The minimum atomic E-state index is -0.995. The first-order valence-corrected chi connectivity index (χ1v) is 23.0. The first-order chi connectivity index (χ1) is 32.7. The summed E-state index contributed by atoms with van der Waals surface area (Å²) >= 11 is 0. The Bertz CT molecular complexity index is 2890. The van der Waals surface area contributed by atoms with E-state index < -0.39 is 16.6 Å². The average Bonchev–Trinajstić information content (AvgIpc) is 3.95. The molecule has 0 spiro atoms. The number of nitro benzene ring substituents is 1. The Hall–Kier alpha value is -7.77. The summed E-state index contributed by atoms with van der Waals surface area (Å²) in [4.78, 5) is 78.7. The zero-order valence-electron chi connectivity index (χ0n) is 40.4. The Morgan fingerprint density at radius 3 is 1.64 bits per heavy atom. The Labute approximate surface area is 400 Å². The number of pyridine rings is 2. The highest BCUT2D eigenvalue weighted by atomic mass is 16.6. The molecule has 362 valence electrons. The lowest BCUT2D eigenvalue weighted by atomic mass is 10.0. The number of hydrogen-bond donors (Lipinski definition) is 5. The summed E-state index contributed by atoms with van der Waals surface area (Å²) < 4.78 is 0. The van der Waals surface area contributed by atoms with Gasteiger partial charge in [0.25, 0.3) is 5.69 Å². The number of benzene rings is 2. The van der Waals surface area contributed by atoms with E-state index in [4.69, 9.17) is 0 Å². The van der Waals surface area contributed by atoms with E-state index in [1.165, 1.54) is 24.8 Å². The normalized spacial score (nSPS) is 16.6. The van der Waals surface area contributed by atoms with Gasteiger partial charge in [0.1, 0.15) is 34.9 Å². The Morgan fingerprint density at radius 2 is 1.20 bits per heavy atom. The number of anilines is 5. The maximum Gasteiger partial charge on any atom is 0.412 e. The van der Waals surface area contributed by atoms with Gasteiger partial charge in [0, 0.05) is 86.2 Å². The molecule has 20 nitrogen and oxygen atoms in total. The predicted molar refractivity (Wildman–Crippen MR) is 267 cm³/mol. The molecule has 6 aromatic rings. The first-order valence-electron chi connectivity index (χ1n) is 23.0. The maximum atomic E-state index is 12.0. The van der Waals surface area contributed by atoms with Crippen LogP contribution in [-0.4, -0.2) is 102 Å². The summed E-state index contributed by atoms with van der Waals surface area (Å²) in [5.74, 6) is 4.11. The fourth-order valence-electron chi connectivity index (χ4n) is 8.79. The number of carbonyl (C=O) groups excluding carboxylic acids is 2. The Kier molecular flexibility index (Phi) is 14.7. The number of nitro groups is 1. The minimum Gasteiger partial charge on any atom is -0.465 e. The van der Waals surface area contributed by atoms with E-state index in [0.717, 1.165) is 65.0 Å². The molecule has 8 rings (SSSR count). The van der Waals surface area contributed by atoms with E-state index in [1.807, 2.05) is 90.9 Å². The van der Waals surface area contributed by atoms with Crippen LogP contribution in [0.4, 0.5) is 39.4 Å². The minimum absolute atomic E-state index is 0.0271. The molecule has 2 aliphatic rings. The highest BCUT2D eigenvalue weighted by Gasteiger charge is 2.29. The number of rotatable bonds is 12. The second kappa shape index (κ2) is 20.6. The number of hydrogen-bond acceptors (Lipinski definition) is 15. The zero-order chi connectivity index (χ0) is 49.7. The molecule has 5 N–H and O–H groups in total. The third-order valence-electron chi connectivity index (χ3n) is 12.0. The largest absolute Gasteiger partial charge is 0.465 e. The molecular weight excluding hydrogens is 881 g/mol. The van der Waals surface area contributed by atoms with Crippen LogP contribution in [0.5, 0.6) is 0 Å². The lowest BCUT2D eigenvalue weighted by molar-refractivity contribution is -0.384. The van der Waals surface area contributed by atoms with Crippen molar-refractivity contribution in [2.24, 2.45) is 0 Å². The number of carboxylic acid groups (broad SMARTS) is 1. The molecule has 4 aromatic heterocycles. The molecule has 0 saturated carbocycles. The fourth-order valence-corrected chi connectivity index (χ4v) is 8.79. The van der Waals surface area contributed by atoms with Gasteiger partial charge in [-0.25, -0.2) is 34.7 Å². The highest BCUT2D eigenvalue weighted by Crippen LogP contribution is 2.33. The van der Waals surface area contributed by atoms with Crippen LogP contribution in [0, 0.1) is 24.0 Å². The summed E-state index contributed by atoms with van der Waals surface area (Å²) in [5, 5.41) is 35.5. The van der Waals surface area contributed by atoms with Crippen molar-refractivity contribution < 1.29 is 24.4 Å². The Morgan fingerprint density at radius 1 is 0.739 bits per heavy atom. The highest BCUT2D eigenvalue weighted by molar-refractivity contribution is 5.92. The molecule has 0 aliphatic carbocycles. The lowest BCUT2D eigenvalue weighted by Crippen LogP contribution is -2.45. The summed E-state index contributed by atoms with van der Waals surface area (Å²) in [6.07, 6.45) is 4.22. The smallest absolute Gasteiger partial charge is 0.412 e. The van der Waals surface area contributed by atoms with Crippen LogP contribution < -0.4 is 36.0 Å². The van der Waals surface area contributed by atoms with Gasteiger partial charge in [-0.2, -0.15) is 0 Å². The summed E-state index contributed by atoms with van der Waals surface area (Å²) in [5.41, 5.74) is 3.26. The summed E-state index contributed by atoms with van der Waals surface area (Å²) in [6, 6.07) is 17.9. The average molecular weight is 941 g/mol. The molecule has 3 amide bonds. The fraction of sp³-hybridized carbons (Fsp3) is 0.408. The van der Waals surface area contributed by atoms with Gasteiger partial charge < -0.3 is 36.2 Å². The van der Waals surface area contributed by atoms with Crippen LogP contribution in [-0.2, 0) is 9.59 Å². The molecule has 4 atom stereocenters. The van der Waals surface area contributed by atoms with Crippen molar-refractivity contribution in [2.75, 3.05) is 51.5 Å². The molecule has 2 aliphatic heterocycles. The SMILES string of the molecule is CC(=O)N[C@@H]1CCN(c2cc3c(N[C@H](C)c4cccc(N(C(=O)O)C(C)(C)C)c4)nc(C)nc3cn2)C1.CC(=O)N[C@@H]1CCN(c2cc3c(N[C@H](C)c4cccc([N+](=O)[O-])c4)nc(C)nc3cn2)C1. The van der Waals surface area contributed by atoms with E-state index in [2.05, 4.69) is 61.0 Å². The van der Waals surface area contributed by atoms with Crippen LogP contribution in [0.1, 0.15) is 96.2 Å². The van der Waals surface area contributed by atoms with Gasteiger partial charge in [-0.3, -0.25) is 24.6 Å². The van der Waals surface area contributed by atoms with Crippen LogP contribution in [0.25, 0.3) is 21.8 Å². The third-order valence-corrected chi connectivity index (χ3v) is 12.0. The number of non-ortho nitro benzene ring substituents is 1. The molecular formula is C49H60N14O6. The molecule has 2 saturated heterocycles. The van der Waals surface area contributed by atoms with Gasteiger partial charge in [-0.1, -0.05) is 24.3 Å². The number of carbonyl (C=O) groups is 3. The van der Waals surface area contributed by atoms with Crippen LogP contribution in [0.3, 0.4) is 0 Å². The molecule has 2 aromatic carbocycles. The molecule has 6 heterocycles. The Balaban J connectivity index is 0.000000206. The third kappa shape index (κ3) is 12.0. The van der Waals surface area contributed by atoms with Gasteiger partial charge in [-0.15, -0.1) is 0 Å². The van der Waals surface area contributed by atoms with Gasteiger partial charge in [0.05, 0.1) is 40.4 Å². The molecule has 2 fully saturated rings. The number of amides is 3. The molecule has 69 heavy (non-hydrogen) atoms. The van der Waals surface area contributed by atoms with E-state index in [-0.39, 0.29) is 41.7 Å². The van der Waals surface area contributed by atoms with Crippen LogP contribution in [0.2, 0.25) is 0 Å². The van der Waals surface area contributed by atoms with Crippen LogP contribution in [0.15, 0.2) is 73.1 Å². The maximum absolute atomic E-state index is 12.0. The lowest BCUT2D eigenvalue weighted by Gasteiger charge is -2.33. The second-order valence-electron chi connectivity index (χ2n) is 18.6. The summed E-state index contributed by atoms with van der Waals surface area (Å²) in [7, 11) is 0. The monoisotopic (exact) mass is 940 g/mol. The second-order valence-corrected chi connectivity index (χ2v) is 18.6. The van der Waals surface area contributed by atoms with E-state index in [1.54, 1.807) is 24.5 Å². The van der Waals surface area contributed by atoms with Crippen molar-refractivity contribution in [3.8, 4) is 0 Å². The predicted octanol–water partition coefficient (Wildman–Crippen LogP) is 7.63. The summed E-state index contributed by atoms with van der Waals surface area (Å²) in [6.45, 7) is 19.3. The topological polar surface area (TPSA) is 250 Å². The van der Waals surface area contributed by atoms with E-state index in [0.29, 0.717) is 47.6 Å². The number of aryl methyl sites for hydroxylation is 2. The molecule has 0 unspecified atom stereocenters. The van der Waals surface area contributed by atoms with Gasteiger partial charge >= 0.3 is 6.09 Å². The number of nitrogens with one attached hydrogen (secondary N) is 4. The van der Waals surface area contributed by atoms with Crippen molar-refractivity contribution in [1.82, 2.24) is 40.5 Å². The van der Waals surface area contributed by atoms with Crippen molar-refractivity contribution in [2.45, 2.75) is 105 Å². The molecule has 0 radical (unpaired) electrons. The standard InChI is InChI=1S/C27H35N7O3.C22H25N7O3/c1-16(19-8-7-9-21(12-19)34(26(36)37)27(4,5)6)29-25-22-13-24(28-14-23(22)30-17(2)31-25)33-11-10-20(15-33)32-18(3)35;1-13(16-5-4-6-18(9-16)29(31)32)24-22-19-10-21(23-11-20(19)25-14(2)26-22)28-8-7-17(12-28)27-15(3)30/h7-9,12-14,16,20H,10-11,15H2,1-6H3,(H,32,35)(H,36,37)(H,29,30,31);4-6,9-11,13,17H,7-8,12H2,1-3H3,(H,27,30)(H,24,25,26)/t16-,20-;13-,17-/m11/s1.